The molecule has 30 heavy (non-hydrogen) atoms. The lowest BCUT2D eigenvalue weighted by Gasteiger charge is -2.37. The van der Waals surface area contributed by atoms with Crippen LogP contribution in [0.2, 0.25) is 5.02 Å². The fourth-order valence-corrected chi connectivity index (χ4v) is 3.53. The first-order valence-electron chi connectivity index (χ1n) is 9.84. The van der Waals surface area contributed by atoms with Crippen LogP contribution in [0.15, 0.2) is 42.5 Å². The molecule has 0 unspecified atom stereocenters. The number of halogens is 2. The third-order valence-corrected chi connectivity index (χ3v) is 5.51. The molecule has 2 aromatic carbocycles. The number of nitrogens with zero attached hydrogens (tertiary/aromatic N) is 3. The Hall–Kier alpha value is -2.64. The van der Waals surface area contributed by atoms with Gasteiger partial charge in [0.15, 0.2) is 0 Å². The zero-order chi connectivity index (χ0) is 21.7. The SMILES string of the molecule is CCN1CCN(C(=O)N(Cc2ccc(C(=O)OC)cc2F)c2ccc(Cl)cc2)CC1. The van der Waals surface area contributed by atoms with Crippen molar-refractivity contribution >= 4 is 29.3 Å². The van der Waals surface area contributed by atoms with E-state index in [0.717, 1.165) is 25.7 Å². The van der Waals surface area contributed by atoms with Gasteiger partial charge in [-0.3, -0.25) is 4.90 Å². The van der Waals surface area contributed by atoms with E-state index in [1.165, 1.54) is 24.1 Å². The Morgan fingerprint density at radius 2 is 1.77 bits per heavy atom. The highest BCUT2D eigenvalue weighted by Gasteiger charge is 2.27. The number of hydrogen-bond acceptors (Lipinski definition) is 4. The second-order valence-corrected chi connectivity index (χ2v) is 7.50. The Morgan fingerprint density at radius 3 is 2.33 bits per heavy atom. The molecule has 0 bridgehead atoms. The van der Waals surface area contributed by atoms with Crippen molar-refractivity contribution in [2.24, 2.45) is 0 Å². The average Bonchev–Trinajstić information content (AvgIpc) is 2.78. The predicted molar refractivity (Wildman–Crippen MR) is 114 cm³/mol. The van der Waals surface area contributed by atoms with Crippen molar-refractivity contribution in [1.29, 1.82) is 0 Å². The van der Waals surface area contributed by atoms with Crippen LogP contribution in [0.1, 0.15) is 22.8 Å². The van der Waals surface area contributed by atoms with E-state index in [2.05, 4.69) is 16.6 Å². The van der Waals surface area contributed by atoms with Crippen LogP contribution >= 0.6 is 11.6 Å². The average molecular weight is 434 g/mol. The number of anilines is 1. The zero-order valence-corrected chi connectivity index (χ0v) is 17.9. The number of methoxy groups -OCH3 is 1. The predicted octanol–water partition coefficient (Wildman–Crippen LogP) is 4.03. The molecule has 6 nitrogen and oxygen atoms in total. The van der Waals surface area contributed by atoms with Crippen LogP contribution in [-0.2, 0) is 11.3 Å². The second kappa shape index (κ2) is 9.91. The summed E-state index contributed by atoms with van der Waals surface area (Å²) in [5.74, 6) is -1.18. The van der Waals surface area contributed by atoms with E-state index in [9.17, 15) is 14.0 Å². The van der Waals surface area contributed by atoms with E-state index in [0.29, 0.717) is 29.4 Å². The molecule has 0 spiro atoms. The lowest BCUT2D eigenvalue weighted by atomic mass is 10.1. The molecule has 0 radical (unpaired) electrons. The lowest BCUT2D eigenvalue weighted by Crippen LogP contribution is -2.52. The van der Waals surface area contributed by atoms with Gasteiger partial charge in [-0.15, -0.1) is 0 Å². The first-order valence-corrected chi connectivity index (χ1v) is 10.2. The molecule has 160 valence electrons. The summed E-state index contributed by atoms with van der Waals surface area (Å²) in [6.45, 7) is 5.90. The second-order valence-electron chi connectivity index (χ2n) is 7.06. The first-order chi connectivity index (χ1) is 14.4. The Balaban J connectivity index is 1.86. The summed E-state index contributed by atoms with van der Waals surface area (Å²) in [6, 6.07) is 10.8. The normalized spacial score (nSPS) is 14.5. The molecular weight excluding hydrogens is 409 g/mol. The summed E-state index contributed by atoms with van der Waals surface area (Å²) in [5, 5.41) is 0.552. The van der Waals surface area contributed by atoms with Crippen molar-refractivity contribution in [2.75, 3.05) is 44.7 Å². The highest BCUT2D eigenvalue weighted by atomic mass is 35.5. The first kappa shape index (κ1) is 22.1. The van der Waals surface area contributed by atoms with Crippen molar-refractivity contribution in [1.82, 2.24) is 9.80 Å². The number of likely N-dealkylation sites (N-methyl/N-ethyl adjacent to an activating group) is 1. The van der Waals surface area contributed by atoms with Crippen LogP contribution in [0.4, 0.5) is 14.9 Å². The largest absolute Gasteiger partial charge is 0.465 e. The van der Waals surface area contributed by atoms with E-state index >= 15 is 0 Å². The lowest BCUT2D eigenvalue weighted by molar-refractivity contribution is 0.0600. The molecule has 8 heteroatoms. The minimum atomic E-state index is -0.611. The van der Waals surface area contributed by atoms with Crippen molar-refractivity contribution < 1.29 is 18.7 Å². The fourth-order valence-electron chi connectivity index (χ4n) is 3.41. The van der Waals surface area contributed by atoms with Crippen LogP contribution in [-0.4, -0.2) is 61.6 Å². The van der Waals surface area contributed by atoms with Crippen molar-refractivity contribution in [3.63, 3.8) is 0 Å². The van der Waals surface area contributed by atoms with Gasteiger partial charge < -0.3 is 14.5 Å². The fraction of sp³-hybridized carbons (Fsp3) is 0.364. The summed E-state index contributed by atoms with van der Waals surface area (Å²) in [6.07, 6.45) is 0. The highest BCUT2D eigenvalue weighted by Crippen LogP contribution is 2.24. The van der Waals surface area contributed by atoms with Crippen molar-refractivity contribution in [3.8, 4) is 0 Å². The smallest absolute Gasteiger partial charge is 0.337 e. The number of esters is 1. The number of amides is 2. The van der Waals surface area contributed by atoms with Gasteiger partial charge in [0.05, 0.1) is 19.2 Å². The summed E-state index contributed by atoms with van der Waals surface area (Å²) in [5.41, 5.74) is 1.05. The van der Waals surface area contributed by atoms with E-state index in [1.54, 1.807) is 29.2 Å². The van der Waals surface area contributed by atoms with Gasteiger partial charge in [-0.05, 0) is 42.9 Å². The number of rotatable bonds is 5. The molecule has 1 aliphatic rings. The van der Waals surface area contributed by atoms with Crippen molar-refractivity contribution in [2.45, 2.75) is 13.5 Å². The van der Waals surface area contributed by atoms with Gasteiger partial charge in [0, 0.05) is 42.5 Å². The van der Waals surface area contributed by atoms with E-state index < -0.39 is 11.8 Å². The number of benzene rings is 2. The summed E-state index contributed by atoms with van der Waals surface area (Å²) < 4.78 is 19.3. The molecule has 0 atom stereocenters. The maximum absolute atomic E-state index is 14.7. The summed E-state index contributed by atoms with van der Waals surface area (Å²) in [7, 11) is 1.24. The standard InChI is InChI=1S/C22H25ClFN3O3/c1-3-25-10-12-26(13-11-25)22(29)27(19-8-6-18(23)7-9-19)15-17-5-4-16(14-20(17)24)21(28)30-2/h4-9,14H,3,10-13,15H2,1-2H3. The molecular formula is C22H25ClFN3O3. The van der Waals surface area contributed by atoms with Gasteiger partial charge in [-0.1, -0.05) is 24.6 Å². The molecule has 1 fully saturated rings. The Bertz CT molecular complexity index is 899. The van der Waals surface area contributed by atoms with Crippen LogP contribution in [0, 0.1) is 5.82 Å². The van der Waals surface area contributed by atoms with Crippen LogP contribution < -0.4 is 4.90 Å². The van der Waals surface area contributed by atoms with Gasteiger partial charge >= 0.3 is 12.0 Å². The molecule has 2 amide bonds. The number of hydrogen-bond donors (Lipinski definition) is 0. The highest BCUT2D eigenvalue weighted by molar-refractivity contribution is 6.30. The van der Waals surface area contributed by atoms with E-state index in [-0.39, 0.29) is 18.1 Å². The van der Waals surface area contributed by atoms with Gasteiger partial charge in [-0.25, -0.2) is 14.0 Å². The van der Waals surface area contributed by atoms with E-state index in [4.69, 9.17) is 11.6 Å². The quantitative estimate of drug-likeness (QED) is 0.668. The van der Waals surface area contributed by atoms with Crippen molar-refractivity contribution in [3.05, 3.63) is 64.4 Å². The molecule has 1 heterocycles. The van der Waals surface area contributed by atoms with Gasteiger partial charge in [0.1, 0.15) is 5.82 Å². The number of ether oxygens (including phenoxy) is 1. The minimum Gasteiger partial charge on any atom is -0.465 e. The summed E-state index contributed by atoms with van der Waals surface area (Å²) in [4.78, 5) is 30.6. The third-order valence-electron chi connectivity index (χ3n) is 5.26. The summed E-state index contributed by atoms with van der Waals surface area (Å²) >= 11 is 6.00. The van der Waals surface area contributed by atoms with Gasteiger partial charge in [0.2, 0.25) is 0 Å². The van der Waals surface area contributed by atoms with Gasteiger partial charge in [-0.2, -0.15) is 0 Å². The van der Waals surface area contributed by atoms with Crippen LogP contribution in [0.3, 0.4) is 0 Å². The molecule has 3 rings (SSSR count). The minimum absolute atomic E-state index is 0.0295. The monoisotopic (exact) mass is 433 g/mol. The Labute approximate surface area is 180 Å². The molecule has 0 aromatic heterocycles. The van der Waals surface area contributed by atoms with E-state index in [1.807, 2.05) is 0 Å². The Morgan fingerprint density at radius 1 is 1.10 bits per heavy atom. The molecule has 0 aliphatic carbocycles. The maximum Gasteiger partial charge on any atom is 0.337 e. The zero-order valence-electron chi connectivity index (χ0n) is 17.1. The third kappa shape index (κ3) is 5.09. The molecule has 0 N–H and O–H groups in total. The van der Waals surface area contributed by atoms with Crippen LogP contribution in [0.5, 0.6) is 0 Å². The van der Waals surface area contributed by atoms with Crippen LogP contribution in [0.25, 0.3) is 0 Å². The molecule has 2 aromatic rings. The number of carbonyl (C=O) groups excluding carboxylic acids is 2. The number of urea groups is 1. The number of carbonyl (C=O) groups is 2. The topological polar surface area (TPSA) is 53.1 Å². The maximum atomic E-state index is 14.7. The molecule has 0 saturated carbocycles. The van der Waals surface area contributed by atoms with Gasteiger partial charge in [0.25, 0.3) is 0 Å². The number of piperazine rings is 1. The molecule has 1 aliphatic heterocycles. The molecule has 1 saturated heterocycles. The Kier molecular flexibility index (Phi) is 7.29.